The number of hydrogen-bond acceptors (Lipinski definition) is 4. The summed E-state index contributed by atoms with van der Waals surface area (Å²) in [4.78, 5) is 23.3. The average molecular weight is 310 g/mol. The van der Waals surface area contributed by atoms with Crippen LogP contribution in [-0.4, -0.2) is 46.1 Å². The predicted molar refractivity (Wildman–Crippen MR) is 79.5 cm³/mol. The molecule has 0 bridgehead atoms. The molecule has 0 unspecified atom stereocenters. The van der Waals surface area contributed by atoms with Crippen LogP contribution in [0.5, 0.6) is 0 Å². The Morgan fingerprint density at radius 3 is 3.05 bits per heavy atom. The van der Waals surface area contributed by atoms with Gasteiger partial charge in [-0.15, -0.1) is 0 Å². The summed E-state index contributed by atoms with van der Waals surface area (Å²) in [5.74, 6) is 0.723. The lowest BCUT2D eigenvalue weighted by molar-refractivity contribution is -0.0447. The van der Waals surface area contributed by atoms with E-state index in [4.69, 9.17) is 16.3 Å². The van der Waals surface area contributed by atoms with Crippen LogP contribution in [0.15, 0.2) is 6.20 Å². The molecule has 2 fully saturated rings. The van der Waals surface area contributed by atoms with Gasteiger partial charge in [-0.1, -0.05) is 25.4 Å². The maximum Gasteiger partial charge on any atom is 0.274 e. The monoisotopic (exact) mass is 309 g/mol. The molecule has 2 atom stereocenters. The molecule has 1 aromatic rings. The molecular weight excluding hydrogens is 290 g/mol. The van der Waals surface area contributed by atoms with Gasteiger partial charge in [0.2, 0.25) is 0 Å². The number of aromatic nitrogens is 2. The quantitative estimate of drug-likeness (QED) is 0.843. The Labute approximate surface area is 129 Å². The molecule has 0 aromatic carbocycles. The first kappa shape index (κ1) is 14.7. The average Bonchev–Trinajstić information content (AvgIpc) is 2.95. The molecule has 1 amide bonds. The predicted octanol–water partition coefficient (Wildman–Crippen LogP) is 2.65. The van der Waals surface area contributed by atoms with E-state index in [1.54, 1.807) is 0 Å². The third kappa shape index (κ3) is 2.77. The Morgan fingerprint density at radius 2 is 2.29 bits per heavy atom. The third-order valence-electron chi connectivity index (χ3n) is 4.22. The minimum atomic E-state index is -0.0931. The number of hydrogen-bond donors (Lipinski definition) is 0. The van der Waals surface area contributed by atoms with Gasteiger partial charge in [0, 0.05) is 12.5 Å². The molecule has 0 radical (unpaired) electrons. The second-order valence-electron chi connectivity index (χ2n) is 5.99. The molecule has 0 spiro atoms. The van der Waals surface area contributed by atoms with Crippen LogP contribution in [0.25, 0.3) is 0 Å². The fraction of sp³-hybridized carbons (Fsp3) is 0.667. The Bertz CT molecular complexity index is 550. The van der Waals surface area contributed by atoms with E-state index in [9.17, 15) is 4.79 Å². The highest BCUT2D eigenvalue weighted by atomic mass is 35.5. The smallest absolute Gasteiger partial charge is 0.274 e. The van der Waals surface area contributed by atoms with E-state index in [2.05, 4.69) is 9.97 Å². The van der Waals surface area contributed by atoms with Crippen LogP contribution in [0.3, 0.4) is 0 Å². The second-order valence-corrected chi connectivity index (χ2v) is 6.39. The Morgan fingerprint density at radius 1 is 1.48 bits per heavy atom. The minimum absolute atomic E-state index is 0.0931. The largest absolute Gasteiger partial charge is 0.374 e. The topological polar surface area (TPSA) is 55.3 Å². The van der Waals surface area contributed by atoms with Gasteiger partial charge >= 0.3 is 0 Å². The normalized spacial score (nSPS) is 25.2. The van der Waals surface area contributed by atoms with E-state index in [-0.39, 0.29) is 24.0 Å². The lowest BCUT2D eigenvalue weighted by Crippen LogP contribution is -2.51. The van der Waals surface area contributed by atoms with Crippen molar-refractivity contribution in [1.82, 2.24) is 14.9 Å². The molecule has 1 saturated carbocycles. The molecule has 0 N–H and O–H groups in total. The van der Waals surface area contributed by atoms with E-state index in [1.165, 1.54) is 6.20 Å². The lowest BCUT2D eigenvalue weighted by Gasteiger charge is -2.37. The van der Waals surface area contributed by atoms with E-state index in [0.717, 1.165) is 19.3 Å². The number of rotatable bonds is 2. The first-order valence-electron chi connectivity index (χ1n) is 7.53. The number of halogens is 1. The van der Waals surface area contributed by atoms with Gasteiger partial charge in [0.15, 0.2) is 5.69 Å². The van der Waals surface area contributed by atoms with Crippen LogP contribution < -0.4 is 0 Å². The molecule has 21 heavy (non-hydrogen) atoms. The molecule has 2 heterocycles. The summed E-state index contributed by atoms with van der Waals surface area (Å²) >= 11 is 6.15. The van der Waals surface area contributed by atoms with Crippen LogP contribution in [0, 0.1) is 0 Å². The Balaban J connectivity index is 1.89. The van der Waals surface area contributed by atoms with Crippen LogP contribution in [0.1, 0.15) is 55.3 Å². The molecule has 1 aliphatic carbocycles. The Hall–Kier alpha value is -1.20. The first-order chi connectivity index (χ1) is 10.1. The SMILES string of the molecule is CC(C)c1ncc(Cl)c(C(=O)N2CCO[C@@H]3CCC[C@H]32)n1. The van der Waals surface area contributed by atoms with Crippen LogP contribution in [0.4, 0.5) is 0 Å². The van der Waals surface area contributed by atoms with Crippen LogP contribution in [0.2, 0.25) is 5.02 Å². The van der Waals surface area contributed by atoms with Crippen molar-refractivity contribution in [2.75, 3.05) is 13.2 Å². The number of amides is 1. The van der Waals surface area contributed by atoms with Crippen molar-refractivity contribution in [2.45, 2.75) is 51.2 Å². The van der Waals surface area contributed by atoms with Crippen molar-refractivity contribution in [1.29, 1.82) is 0 Å². The molecule has 3 rings (SSSR count). The van der Waals surface area contributed by atoms with E-state index in [0.29, 0.717) is 29.7 Å². The maximum absolute atomic E-state index is 12.8. The van der Waals surface area contributed by atoms with E-state index < -0.39 is 0 Å². The van der Waals surface area contributed by atoms with Crippen molar-refractivity contribution in [3.63, 3.8) is 0 Å². The molecule has 6 heteroatoms. The molecule has 5 nitrogen and oxygen atoms in total. The van der Waals surface area contributed by atoms with Gasteiger partial charge in [0.1, 0.15) is 5.82 Å². The summed E-state index contributed by atoms with van der Waals surface area (Å²) < 4.78 is 5.75. The van der Waals surface area contributed by atoms with Gasteiger partial charge < -0.3 is 9.64 Å². The van der Waals surface area contributed by atoms with Crippen LogP contribution in [-0.2, 0) is 4.74 Å². The lowest BCUT2D eigenvalue weighted by atomic mass is 10.1. The summed E-state index contributed by atoms with van der Waals surface area (Å²) in [5.41, 5.74) is 0.322. The zero-order chi connectivity index (χ0) is 15.0. The van der Waals surface area contributed by atoms with Gasteiger partial charge in [-0.25, -0.2) is 9.97 Å². The van der Waals surface area contributed by atoms with Crippen molar-refractivity contribution in [3.05, 3.63) is 22.7 Å². The fourth-order valence-corrected chi connectivity index (χ4v) is 3.29. The van der Waals surface area contributed by atoms with Crippen molar-refractivity contribution < 1.29 is 9.53 Å². The van der Waals surface area contributed by atoms with E-state index in [1.807, 2.05) is 18.7 Å². The number of morpholine rings is 1. The maximum atomic E-state index is 12.8. The third-order valence-corrected chi connectivity index (χ3v) is 4.50. The standard InChI is InChI=1S/C15H20ClN3O2/c1-9(2)14-17-8-10(16)13(18-14)15(20)19-6-7-21-12-5-3-4-11(12)19/h8-9,11-12H,3-7H2,1-2H3/t11-,12-/m1/s1. The number of carbonyl (C=O) groups excluding carboxylic acids is 1. The summed E-state index contributed by atoms with van der Waals surface area (Å²) in [7, 11) is 0. The highest BCUT2D eigenvalue weighted by molar-refractivity contribution is 6.33. The number of nitrogens with zero attached hydrogens (tertiary/aromatic N) is 3. The van der Waals surface area contributed by atoms with Crippen LogP contribution >= 0.6 is 11.6 Å². The fourth-order valence-electron chi connectivity index (χ4n) is 3.12. The van der Waals surface area contributed by atoms with Gasteiger partial charge in [-0.3, -0.25) is 4.79 Å². The van der Waals surface area contributed by atoms with Crippen molar-refractivity contribution in [2.24, 2.45) is 0 Å². The number of ether oxygens (including phenoxy) is 1. The zero-order valence-corrected chi connectivity index (χ0v) is 13.1. The molecule has 114 valence electrons. The molecule has 1 saturated heterocycles. The molecule has 2 aliphatic rings. The molecule has 1 aromatic heterocycles. The highest BCUT2D eigenvalue weighted by Crippen LogP contribution is 2.31. The first-order valence-corrected chi connectivity index (χ1v) is 7.90. The van der Waals surface area contributed by atoms with Gasteiger partial charge in [0.25, 0.3) is 5.91 Å². The minimum Gasteiger partial charge on any atom is -0.374 e. The summed E-state index contributed by atoms with van der Waals surface area (Å²) in [6.45, 7) is 5.20. The summed E-state index contributed by atoms with van der Waals surface area (Å²) in [5, 5.41) is 0.324. The Kier molecular flexibility index (Phi) is 4.13. The van der Waals surface area contributed by atoms with Gasteiger partial charge in [-0.05, 0) is 19.3 Å². The van der Waals surface area contributed by atoms with Crippen molar-refractivity contribution >= 4 is 17.5 Å². The van der Waals surface area contributed by atoms with Crippen molar-refractivity contribution in [3.8, 4) is 0 Å². The molecular formula is C15H20ClN3O2. The van der Waals surface area contributed by atoms with Gasteiger partial charge in [0.05, 0.1) is 30.0 Å². The molecule has 1 aliphatic heterocycles. The van der Waals surface area contributed by atoms with Gasteiger partial charge in [-0.2, -0.15) is 0 Å². The number of fused-ring (bicyclic) bond motifs is 1. The highest BCUT2D eigenvalue weighted by Gasteiger charge is 2.39. The van der Waals surface area contributed by atoms with E-state index >= 15 is 0 Å². The second kappa shape index (κ2) is 5.89. The zero-order valence-electron chi connectivity index (χ0n) is 12.4. The number of carbonyl (C=O) groups is 1. The summed E-state index contributed by atoms with van der Waals surface area (Å²) in [6.07, 6.45) is 4.84. The summed E-state index contributed by atoms with van der Waals surface area (Å²) in [6, 6.07) is 0.166.